The van der Waals surface area contributed by atoms with Gasteiger partial charge in [0.1, 0.15) is 0 Å². The Kier molecular flexibility index (Phi) is 5.74. The van der Waals surface area contributed by atoms with Crippen molar-refractivity contribution in [2.75, 3.05) is 11.9 Å². The highest BCUT2D eigenvalue weighted by Crippen LogP contribution is 2.15. The molecule has 1 atom stereocenters. The number of nitrogens with zero attached hydrogens (tertiary/aromatic N) is 1. The molecule has 7 heteroatoms. The lowest BCUT2D eigenvalue weighted by molar-refractivity contribution is -0.384. The maximum Gasteiger partial charge on any atom is 0.319 e. The Bertz CT molecular complexity index is 433. The number of carbonyl (C=O) groups is 1. The fourth-order valence-electron chi connectivity index (χ4n) is 1.62. The summed E-state index contributed by atoms with van der Waals surface area (Å²) in [6.45, 7) is 2.39. The van der Waals surface area contributed by atoms with Crippen molar-refractivity contribution in [1.82, 2.24) is 5.32 Å². The minimum absolute atomic E-state index is 0.0169. The molecule has 0 radical (unpaired) electrons. The minimum Gasteiger partial charge on any atom is -0.334 e. The van der Waals surface area contributed by atoms with Crippen molar-refractivity contribution >= 4 is 17.4 Å². The van der Waals surface area contributed by atoms with Crippen molar-refractivity contribution in [1.29, 1.82) is 0 Å². The first-order valence-corrected chi connectivity index (χ1v) is 6.08. The van der Waals surface area contributed by atoms with Gasteiger partial charge >= 0.3 is 6.03 Å². The first-order chi connectivity index (χ1) is 9.06. The molecule has 1 aromatic carbocycles. The van der Waals surface area contributed by atoms with Crippen molar-refractivity contribution in [2.24, 2.45) is 5.73 Å². The second-order valence-corrected chi connectivity index (χ2v) is 4.12. The van der Waals surface area contributed by atoms with Crippen LogP contribution in [0.2, 0.25) is 0 Å². The molecule has 7 nitrogen and oxygen atoms in total. The zero-order chi connectivity index (χ0) is 14.3. The van der Waals surface area contributed by atoms with Gasteiger partial charge in [-0.15, -0.1) is 0 Å². The number of anilines is 1. The van der Waals surface area contributed by atoms with Crippen LogP contribution in [0.3, 0.4) is 0 Å². The van der Waals surface area contributed by atoms with Gasteiger partial charge < -0.3 is 16.4 Å². The van der Waals surface area contributed by atoms with E-state index in [0.29, 0.717) is 12.2 Å². The van der Waals surface area contributed by atoms with E-state index in [1.54, 1.807) is 0 Å². The molecule has 19 heavy (non-hydrogen) atoms. The van der Waals surface area contributed by atoms with Crippen LogP contribution in [0.15, 0.2) is 24.3 Å². The number of rotatable bonds is 6. The van der Waals surface area contributed by atoms with E-state index in [1.807, 2.05) is 6.92 Å². The molecular weight excluding hydrogens is 248 g/mol. The third-order valence-electron chi connectivity index (χ3n) is 2.59. The Balaban J connectivity index is 2.54. The van der Waals surface area contributed by atoms with E-state index in [4.69, 9.17) is 5.73 Å². The number of benzene rings is 1. The molecule has 0 fully saturated rings. The molecule has 0 aliphatic heterocycles. The average molecular weight is 266 g/mol. The van der Waals surface area contributed by atoms with E-state index in [2.05, 4.69) is 10.6 Å². The zero-order valence-electron chi connectivity index (χ0n) is 10.8. The lowest BCUT2D eigenvalue weighted by Crippen LogP contribution is -2.42. The van der Waals surface area contributed by atoms with Crippen molar-refractivity contribution in [3.63, 3.8) is 0 Å². The highest BCUT2D eigenvalue weighted by Gasteiger charge is 2.10. The Morgan fingerprint density at radius 3 is 2.53 bits per heavy atom. The summed E-state index contributed by atoms with van der Waals surface area (Å²) in [6.07, 6.45) is 1.74. The van der Waals surface area contributed by atoms with Gasteiger partial charge in [-0.25, -0.2) is 4.79 Å². The Morgan fingerprint density at radius 2 is 2.05 bits per heavy atom. The number of urea groups is 1. The smallest absolute Gasteiger partial charge is 0.319 e. The van der Waals surface area contributed by atoms with Crippen molar-refractivity contribution in [2.45, 2.75) is 25.8 Å². The van der Waals surface area contributed by atoms with E-state index < -0.39 is 4.92 Å². The predicted molar refractivity (Wildman–Crippen MR) is 73.0 cm³/mol. The van der Waals surface area contributed by atoms with Crippen molar-refractivity contribution in [3.8, 4) is 0 Å². The summed E-state index contributed by atoms with van der Waals surface area (Å²) in [4.78, 5) is 21.7. The van der Waals surface area contributed by atoms with Crippen LogP contribution in [0, 0.1) is 10.1 Å². The second-order valence-electron chi connectivity index (χ2n) is 4.12. The number of carbonyl (C=O) groups excluding carboxylic acids is 1. The van der Waals surface area contributed by atoms with E-state index in [0.717, 1.165) is 12.8 Å². The van der Waals surface area contributed by atoms with Crippen molar-refractivity contribution in [3.05, 3.63) is 34.4 Å². The largest absolute Gasteiger partial charge is 0.334 e. The SMILES string of the molecule is CCCC(CN)NC(=O)Nc1ccc([N+](=O)[O-])cc1. The van der Waals surface area contributed by atoms with Gasteiger partial charge in [-0.1, -0.05) is 13.3 Å². The number of nitrogens with one attached hydrogen (secondary N) is 2. The zero-order valence-corrected chi connectivity index (χ0v) is 10.8. The van der Waals surface area contributed by atoms with Crippen LogP contribution < -0.4 is 16.4 Å². The summed E-state index contributed by atoms with van der Waals surface area (Å²) in [5.41, 5.74) is 6.02. The number of non-ortho nitro benzene ring substituents is 1. The number of hydrogen-bond acceptors (Lipinski definition) is 4. The quantitative estimate of drug-likeness (QED) is 0.539. The van der Waals surface area contributed by atoms with E-state index in [-0.39, 0.29) is 17.8 Å². The summed E-state index contributed by atoms with van der Waals surface area (Å²) in [5, 5.41) is 15.8. The number of nitro groups is 1. The third-order valence-corrected chi connectivity index (χ3v) is 2.59. The lowest BCUT2D eigenvalue weighted by atomic mass is 10.2. The molecule has 0 spiro atoms. The summed E-state index contributed by atoms with van der Waals surface area (Å²) >= 11 is 0. The molecular formula is C12H18N4O3. The maximum absolute atomic E-state index is 11.7. The Morgan fingerprint density at radius 1 is 1.42 bits per heavy atom. The molecule has 0 bridgehead atoms. The highest BCUT2D eigenvalue weighted by molar-refractivity contribution is 5.89. The molecule has 0 aliphatic carbocycles. The predicted octanol–water partition coefficient (Wildman–Crippen LogP) is 1.84. The number of nitro benzene ring substituents is 1. The average Bonchev–Trinajstić information content (AvgIpc) is 2.38. The monoisotopic (exact) mass is 266 g/mol. The van der Waals surface area contributed by atoms with Gasteiger partial charge in [0.05, 0.1) is 4.92 Å². The number of amides is 2. The first kappa shape index (κ1) is 14.9. The molecule has 4 N–H and O–H groups in total. The van der Waals surface area contributed by atoms with Crippen LogP contribution in [-0.2, 0) is 0 Å². The van der Waals surface area contributed by atoms with E-state index in [1.165, 1.54) is 24.3 Å². The van der Waals surface area contributed by atoms with Crippen LogP contribution >= 0.6 is 0 Å². The van der Waals surface area contributed by atoms with Gasteiger partial charge in [0.15, 0.2) is 0 Å². The summed E-state index contributed by atoms with van der Waals surface area (Å²) in [6, 6.07) is 5.20. The highest BCUT2D eigenvalue weighted by atomic mass is 16.6. The molecule has 2 amide bonds. The summed E-state index contributed by atoms with van der Waals surface area (Å²) in [5.74, 6) is 0. The summed E-state index contributed by atoms with van der Waals surface area (Å²) in [7, 11) is 0. The first-order valence-electron chi connectivity index (χ1n) is 6.08. The molecule has 1 aromatic rings. The third kappa shape index (κ3) is 4.92. The van der Waals surface area contributed by atoms with Crippen LogP contribution in [0.4, 0.5) is 16.2 Å². The van der Waals surface area contributed by atoms with Gasteiger partial charge in [-0.05, 0) is 18.6 Å². The number of hydrogen-bond donors (Lipinski definition) is 3. The molecule has 0 aliphatic rings. The summed E-state index contributed by atoms with van der Waals surface area (Å²) < 4.78 is 0. The lowest BCUT2D eigenvalue weighted by Gasteiger charge is -2.16. The molecule has 104 valence electrons. The Labute approximate surface area is 111 Å². The molecule has 0 heterocycles. The molecule has 1 rings (SSSR count). The fourth-order valence-corrected chi connectivity index (χ4v) is 1.62. The van der Waals surface area contributed by atoms with E-state index in [9.17, 15) is 14.9 Å². The van der Waals surface area contributed by atoms with Crippen LogP contribution in [0.25, 0.3) is 0 Å². The standard InChI is InChI=1S/C12H18N4O3/c1-2-3-10(8-13)15-12(17)14-9-4-6-11(7-5-9)16(18)19/h4-7,10H,2-3,8,13H2,1H3,(H2,14,15,17). The molecule has 1 unspecified atom stereocenters. The van der Waals surface area contributed by atoms with Gasteiger partial charge in [0, 0.05) is 30.4 Å². The normalized spacial score (nSPS) is 11.7. The second kappa shape index (κ2) is 7.32. The topological polar surface area (TPSA) is 110 Å². The van der Waals surface area contributed by atoms with Gasteiger partial charge in [-0.3, -0.25) is 10.1 Å². The van der Waals surface area contributed by atoms with Gasteiger partial charge in [0.25, 0.3) is 5.69 Å². The molecule has 0 saturated heterocycles. The molecule has 0 aromatic heterocycles. The Hall–Kier alpha value is -2.15. The van der Waals surface area contributed by atoms with Crippen LogP contribution in [-0.4, -0.2) is 23.5 Å². The van der Waals surface area contributed by atoms with Crippen molar-refractivity contribution < 1.29 is 9.72 Å². The van der Waals surface area contributed by atoms with Gasteiger partial charge in [-0.2, -0.15) is 0 Å². The van der Waals surface area contributed by atoms with Crippen LogP contribution in [0.5, 0.6) is 0 Å². The van der Waals surface area contributed by atoms with E-state index >= 15 is 0 Å². The van der Waals surface area contributed by atoms with Crippen LogP contribution in [0.1, 0.15) is 19.8 Å². The van der Waals surface area contributed by atoms with Gasteiger partial charge in [0.2, 0.25) is 0 Å². The number of nitrogens with two attached hydrogens (primary N) is 1. The minimum atomic E-state index is -0.491. The fraction of sp³-hybridized carbons (Fsp3) is 0.417. The molecule has 0 saturated carbocycles. The maximum atomic E-state index is 11.7.